The third-order valence-electron chi connectivity index (χ3n) is 3.19. The van der Waals surface area contributed by atoms with Crippen molar-refractivity contribution >= 4 is 33.2 Å². The molecule has 0 atom stereocenters. The summed E-state index contributed by atoms with van der Waals surface area (Å²) in [6.07, 6.45) is 0.549. The Labute approximate surface area is 139 Å². The van der Waals surface area contributed by atoms with Gasteiger partial charge >= 0.3 is 0 Å². The van der Waals surface area contributed by atoms with Gasteiger partial charge in [-0.1, -0.05) is 6.07 Å². The van der Waals surface area contributed by atoms with E-state index in [1.165, 1.54) is 18.2 Å². The van der Waals surface area contributed by atoms with Crippen molar-refractivity contribution in [2.45, 2.75) is 6.42 Å². The molecule has 1 amide bonds. The van der Waals surface area contributed by atoms with Crippen LogP contribution in [0, 0.1) is 15.9 Å². The molecule has 3 N–H and O–H groups in total. The number of nitrogens with one attached hydrogen (secondary N) is 1. The number of nitrogens with two attached hydrogens (primary N) is 1. The van der Waals surface area contributed by atoms with Crippen LogP contribution < -0.4 is 11.1 Å². The van der Waals surface area contributed by atoms with Gasteiger partial charge in [0.05, 0.1) is 9.40 Å². The van der Waals surface area contributed by atoms with Crippen LogP contribution >= 0.6 is 15.9 Å². The minimum absolute atomic E-state index is 0.0738. The third-order valence-corrected chi connectivity index (χ3v) is 3.80. The van der Waals surface area contributed by atoms with E-state index in [4.69, 9.17) is 5.73 Å². The first kappa shape index (κ1) is 16.9. The van der Waals surface area contributed by atoms with Crippen LogP contribution in [0.15, 0.2) is 40.9 Å². The Morgan fingerprint density at radius 1 is 1.30 bits per heavy atom. The number of nitro benzene ring substituents is 1. The van der Waals surface area contributed by atoms with Gasteiger partial charge in [0.15, 0.2) is 0 Å². The molecular formula is C15H13BrFN3O3. The number of halogens is 2. The van der Waals surface area contributed by atoms with E-state index in [1.807, 2.05) is 0 Å². The zero-order valence-electron chi connectivity index (χ0n) is 11.9. The van der Waals surface area contributed by atoms with Crippen LogP contribution in [0.1, 0.15) is 15.9 Å². The van der Waals surface area contributed by atoms with Gasteiger partial charge in [-0.25, -0.2) is 4.39 Å². The van der Waals surface area contributed by atoms with Crippen LogP contribution in [0.5, 0.6) is 0 Å². The highest BCUT2D eigenvalue weighted by Gasteiger charge is 2.16. The number of nitrogens with zero attached hydrogens (tertiary/aromatic N) is 1. The summed E-state index contributed by atoms with van der Waals surface area (Å²) in [7, 11) is 0. The first-order valence-corrected chi connectivity index (χ1v) is 7.44. The van der Waals surface area contributed by atoms with Crippen LogP contribution in [-0.4, -0.2) is 17.4 Å². The van der Waals surface area contributed by atoms with Crippen molar-refractivity contribution in [3.63, 3.8) is 0 Å². The van der Waals surface area contributed by atoms with Crippen molar-refractivity contribution in [1.82, 2.24) is 0 Å². The standard InChI is InChI=1S/C15H13BrFN3O3/c16-11-7-9(1-3-12(11)17)5-6-19-13-4-2-10(15(18)21)8-14(13)20(22)23/h1-4,7-8,19H,5-6H2,(H2,18,21). The lowest BCUT2D eigenvalue weighted by Gasteiger charge is -2.08. The molecule has 0 heterocycles. The lowest BCUT2D eigenvalue weighted by molar-refractivity contribution is -0.384. The van der Waals surface area contributed by atoms with Crippen molar-refractivity contribution < 1.29 is 14.1 Å². The minimum Gasteiger partial charge on any atom is -0.379 e. The number of benzene rings is 2. The summed E-state index contributed by atoms with van der Waals surface area (Å²) in [5.74, 6) is -1.07. The topological polar surface area (TPSA) is 98.3 Å². The van der Waals surface area contributed by atoms with Crippen molar-refractivity contribution in [3.05, 3.63) is 67.9 Å². The first-order valence-electron chi connectivity index (χ1n) is 6.64. The molecule has 120 valence electrons. The summed E-state index contributed by atoms with van der Waals surface area (Å²) in [5, 5.41) is 14.0. The van der Waals surface area contributed by atoms with E-state index < -0.39 is 10.8 Å². The van der Waals surface area contributed by atoms with E-state index >= 15 is 0 Å². The average molecular weight is 382 g/mol. The quantitative estimate of drug-likeness (QED) is 0.592. The highest BCUT2D eigenvalue weighted by atomic mass is 79.9. The Balaban J connectivity index is 2.09. The number of primary amides is 1. The van der Waals surface area contributed by atoms with Crippen LogP contribution in [0.2, 0.25) is 0 Å². The van der Waals surface area contributed by atoms with E-state index in [9.17, 15) is 19.3 Å². The van der Waals surface area contributed by atoms with Gasteiger partial charge < -0.3 is 11.1 Å². The highest BCUT2D eigenvalue weighted by Crippen LogP contribution is 2.25. The molecular weight excluding hydrogens is 369 g/mol. The summed E-state index contributed by atoms with van der Waals surface area (Å²) < 4.78 is 13.5. The molecule has 2 rings (SSSR count). The molecule has 0 aliphatic heterocycles. The fourth-order valence-corrected chi connectivity index (χ4v) is 2.45. The molecule has 23 heavy (non-hydrogen) atoms. The second kappa shape index (κ2) is 7.19. The fraction of sp³-hybridized carbons (Fsp3) is 0.133. The second-order valence-electron chi connectivity index (χ2n) is 4.78. The van der Waals surface area contributed by atoms with Gasteiger partial charge in [0.2, 0.25) is 5.91 Å². The minimum atomic E-state index is -0.726. The number of anilines is 1. The van der Waals surface area contributed by atoms with Crippen molar-refractivity contribution in [1.29, 1.82) is 0 Å². The first-order chi connectivity index (χ1) is 10.9. The van der Waals surface area contributed by atoms with Gasteiger partial charge in [-0.3, -0.25) is 14.9 Å². The Kier molecular flexibility index (Phi) is 5.28. The average Bonchev–Trinajstić information content (AvgIpc) is 2.50. The van der Waals surface area contributed by atoms with Gasteiger partial charge in [0.25, 0.3) is 5.69 Å². The molecule has 0 saturated carbocycles. The maximum atomic E-state index is 13.2. The van der Waals surface area contributed by atoms with E-state index in [0.29, 0.717) is 23.1 Å². The Morgan fingerprint density at radius 3 is 2.65 bits per heavy atom. The maximum absolute atomic E-state index is 13.2. The number of hydrogen-bond donors (Lipinski definition) is 2. The van der Waals surface area contributed by atoms with Crippen LogP contribution in [0.3, 0.4) is 0 Å². The number of amides is 1. The SMILES string of the molecule is NC(=O)c1ccc(NCCc2ccc(F)c(Br)c2)c([N+](=O)[O-])c1. The zero-order valence-corrected chi connectivity index (χ0v) is 13.5. The van der Waals surface area contributed by atoms with Crippen LogP contribution in [0.4, 0.5) is 15.8 Å². The predicted octanol–water partition coefficient (Wildman–Crippen LogP) is 3.25. The highest BCUT2D eigenvalue weighted by molar-refractivity contribution is 9.10. The van der Waals surface area contributed by atoms with Gasteiger partial charge in [0, 0.05) is 18.2 Å². The molecule has 0 fully saturated rings. The maximum Gasteiger partial charge on any atom is 0.293 e. The summed E-state index contributed by atoms with van der Waals surface area (Å²) in [5.41, 5.74) is 6.14. The summed E-state index contributed by atoms with van der Waals surface area (Å²) in [6.45, 7) is 0.412. The molecule has 6 nitrogen and oxygen atoms in total. The molecule has 0 aliphatic carbocycles. The van der Waals surface area contributed by atoms with E-state index in [2.05, 4.69) is 21.2 Å². The largest absolute Gasteiger partial charge is 0.379 e. The third kappa shape index (κ3) is 4.26. The normalized spacial score (nSPS) is 10.3. The summed E-state index contributed by atoms with van der Waals surface area (Å²) >= 11 is 3.11. The molecule has 0 aliphatic rings. The number of nitro groups is 1. The van der Waals surface area contributed by atoms with Crippen molar-refractivity contribution in [2.24, 2.45) is 5.73 Å². The number of carbonyl (C=O) groups is 1. The smallest absolute Gasteiger partial charge is 0.293 e. The molecule has 0 bridgehead atoms. The zero-order chi connectivity index (χ0) is 17.0. The van der Waals surface area contributed by atoms with Gasteiger partial charge in [-0.15, -0.1) is 0 Å². The lowest BCUT2D eigenvalue weighted by atomic mass is 10.1. The second-order valence-corrected chi connectivity index (χ2v) is 5.63. The molecule has 2 aromatic carbocycles. The molecule has 0 radical (unpaired) electrons. The Bertz CT molecular complexity index is 768. The molecule has 0 spiro atoms. The van der Waals surface area contributed by atoms with Gasteiger partial charge in [-0.2, -0.15) is 0 Å². The molecule has 0 saturated heterocycles. The fourth-order valence-electron chi connectivity index (χ4n) is 2.02. The van der Waals surface area contributed by atoms with Crippen molar-refractivity contribution in [3.8, 4) is 0 Å². The van der Waals surface area contributed by atoms with Gasteiger partial charge in [-0.05, 0) is 52.2 Å². The van der Waals surface area contributed by atoms with Crippen LogP contribution in [-0.2, 0) is 6.42 Å². The van der Waals surface area contributed by atoms with E-state index in [-0.39, 0.29) is 17.1 Å². The summed E-state index contributed by atoms with van der Waals surface area (Å²) in [6, 6.07) is 8.65. The molecule has 2 aromatic rings. The summed E-state index contributed by atoms with van der Waals surface area (Å²) in [4.78, 5) is 21.6. The van der Waals surface area contributed by atoms with E-state index in [1.54, 1.807) is 12.1 Å². The number of hydrogen-bond acceptors (Lipinski definition) is 4. The Morgan fingerprint density at radius 2 is 2.04 bits per heavy atom. The predicted molar refractivity (Wildman–Crippen MR) is 87.9 cm³/mol. The Hall–Kier alpha value is -2.48. The number of carbonyl (C=O) groups excluding carboxylic acids is 1. The lowest BCUT2D eigenvalue weighted by Crippen LogP contribution is -2.12. The van der Waals surface area contributed by atoms with Gasteiger partial charge in [0.1, 0.15) is 11.5 Å². The van der Waals surface area contributed by atoms with Crippen LogP contribution in [0.25, 0.3) is 0 Å². The molecule has 8 heteroatoms. The number of rotatable bonds is 6. The van der Waals surface area contributed by atoms with Crippen molar-refractivity contribution in [2.75, 3.05) is 11.9 Å². The molecule has 0 unspecified atom stereocenters. The monoisotopic (exact) mass is 381 g/mol. The molecule has 0 aromatic heterocycles. The van der Waals surface area contributed by atoms with E-state index in [0.717, 1.165) is 11.6 Å².